The molecule has 0 aliphatic heterocycles. The lowest BCUT2D eigenvalue weighted by Crippen LogP contribution is -2.20. The van der Waals surface area contributed by atoms with E-state index in [1.165, 1.54) is 0 Å². The number of hydrogen-bond donors (Lipinski definition) is 2. The maximum atomic E-state index is 9.45. The SMILES string of the molecule is O=C[C@H](O)C(=O)O. The molecule has 0 aromatic heterocycles. The number of carboxylic acids is 1. The fourth-order valence-corrected chi connectivity index (χ4v) is 0.0582. The van der Waals surface area contributed by atoms with Crippen LogP contribution in [-0.2, 0) is 9.59 Å². The number of carboxylic acid groups (broad SMARTS) is 1. The van der Waals surface area contributed by atoms with E-state index in [9.17, 15) is 9.59 Å². The summed E-state index contributed by atoms with van der Waals surface area (Å²) in [5.74, 6) is -1.52. The molecule has 0 aliphatic rings. The highest BCUT2D eigenvalue weighted by Crippen LogP contribution is 1.71. The lowest BCUT2D eigenvalue weighted by molar-refractivity contribution is -0.148. The molecule has 0 amide bonds. The standard InChI is InChI=1S/C3H4O4/c4-1-2(5)3(6)7/h1-2,5H,(H,6,7)/t2-/m0/s1. The topological polar surface area (TPSA) is 74.6 Å². The summed E-state index contributed by atoms with van der Waals surface area (Å²) in [7, 11) is 0. The van der Waals surface area contributed by atoms with Crippen LogP contribution in [0.5, 0.6) is 0 Å². The van der Waals surface area contributed by atoms with Crippen LogP contribution >= 0.6 is 0 Å². The number of carbonyl (C=O) groups is 2. The van der Waals surface area contributed by atoms with Crippen molar-refractivity contribution in [3.05, 3.63) is 0 Å². The fourth-order valence-electron chi connectivity index (χ4n) is 0.0582. The fraction of sp³-hybridized carbons (Fsp3) is 0.333. The Kier molecular flexibility index (Phi) is 2.01. The van der Waals surface area contributed by atoms with Crippen molar-refractivity contribution < 1.29 is 19.8 Å². The van der Waals surface area contributed by atoms with Crippen LogP contribution in [0, 0.1) is 0 Å². The molecular formula is C3H4O4. The molecule has 40 valence electrons. The Bertz CT molecular complexity index is 86.9. The van der Waals surface area contributed by atoms with Gasteiger partial charge in [-0.05, 0) is 0 Å². The molecule has 0 rings (SSSR count). The zero-order valence-electron chi connectivity index (χ0n) is 3.37. The molecule has 0 heterocycles. The monoisotopic (exact) mass is 104 g/mol. The Morgan fingerprint density at radius 3 is 2.14 bits per heavy atom. The molecule has 7 heavy (non-hydrogen) atoms. The van der Waals surface area contributed by atoms with Crippen LogP contribution in [-0.4, -0.2) is 28.6 Å². The first-order valence-corrected chi connectivity index (χ1v) is 1.54. The van der Waals surface area contributed by atoms with Crippen LogP contribution in [0.3, 0.4) is 0 Å². The number of aliphatic hydroxyl groups excluding tert-OH is 1. The van der Waals surface area contributed by atoms with Gasteiger partial charge >= 0.3 is 5.97 Å². The van der Waals surface area contributed by atoms with Crippen LogP contribution < -0.4 is 0 Å². The van der Waals surface area contributed by atoms with Crippen LogP contribution in [0.2, 0.25) is 0 Å². The largest absolute Gasteiger partial charge is 0.479 e. The van der Waals surface area contributed by atoms with Crippen LogP contribution in [0.4, 0.5) is 0 Å². The third-order valence-electron chi connectivity index (χ3n) is 0.382. The summed E-state index contributed by atoms with van der Waals surface area (Å²) in [6, 6.07) is 0. The van der Waals surface area contributed by atoms with Gasteiger partial charge in [-0.3, -0.25) is 4.79 Å². The highest BCUT2D eigenvalue weighted by molar-refractivity contribution is 5.88. The molecule has 0 spiro atoms. The van der Waals surface area contributed by atoms with Gasteiger partial charge in [0.2, 0.25) is 6.10 Å². The van der Waals surface area contributed by atoms with E-state index < -0.39 is 12.1 Å². The zero-order chi connectivity index (χ0) is 5.86. The summed E-state index contributed by atoms with van der Waals surface area (Å²) in [5, 5.41) is 15.7. The van der Waals surface area contributed by atoms with Gasteiger partial charge in [-0.1, -0.05) is 0 Å². The maximum absolute atomic E-state index is 9.45. The molecule has 0 unspecified atom stereocenters. The van der Waals surface area contributed by atoms with Gasteiger partial charge in [-0.15, -0.1) is 0 Å². The molecule has 2 N–H and O–H groups in total. The van der Waals surface area contributed by atoms with E-state index in [2.05, 4.69) is 0 Å². The number of aldehydes is 1. The van der Waals surface area contributed by atoms with Gasteiger partial charge in [0.05, 0.1) is 0 Å². The zero-order valence-corrected chi connectivity index (χ0v) is 3.37. The van der Waals surface area contributed by atoms with E-state index in [0.29, 0.717) is 0 Å². The maximum Gasteiger partial charge on any atom is 0.340 e. The Morgan fingerprint density at radius 1 is 1.71 bits per heavy atom. The molecule has 1 atom stereocenters. The van der Waals surface area contributed by atoms with Gasteiger partial charge in [0.1, 0.15) is 0 Å². The molecule has 0 radical (unpaired) electrons. The third kappa shape index (κ3) is 1.88. The van der Waals surface area contributed by atoms with Crippen molar-refractivity contribution in [1.29, 1.82) is 0 Å². The molecular weight excluding hydrogens is 100 g/mol. The third-order valence-corrected chi connectivity index (χ3v) is 0.382. The van der Waals surface area contributed by atoms with Gasteiger partial charge in [0.25, 0.3) is 0 Å². The van der Waals surface area contributed by atoms with Gasteiger partial charge < -0.3 is 10.2 Å². The Balaban J connectivity index is 3.55. The Morgan fingerprint density at radius 2 is 2.14 bits per heavy atom. The molecule has 0 saturated heterocycles. The predicted molar refractivity (Wildman–Crippen MR) is 19.7 cm³/mol. The molecule has 0 aromatic carbocycles. The second-order valence-electron chi connectivity index (χ2n) is 0.919. The van der Waals surface area contributed by atoms with Crippen molar-refractivity contribution in [1.82, 2.24) is 0 Å². The van der Waals surface area contributed by atoms with E-state index in [1.807, 2.05) is 0 Å². The second kappa shape index (κ2) is 2.30. The van der Waals surface area contributed by atoms with E-state index >= 15 is 0 Å². The van der Waals surface area contributed by atoms with Gasteiger partial charge in [0, 0.05) is 0 Å². The molecule has 0 aromatic rings. The van der Waals surface area contributed by atoms with Crippen molar-refractivity contribution in [2.24, 2.45) is 0 Å². The molecule has 0 bridgehead atoms. The molecule has 4 nitrogen and oxygen atoms in total. The lowest BCUT2D eigenvalue weighted by atomic mass is 10.4. The lowest BCUT2D eigenvalue weighted by Gasteiger charge is -1.88. The highest BCUT2D eigenvalue weighted by atomic mass is 16.4. The van der Waals surface area contributed by atoms with Crippen LogP contribution in [0.15, 0.2) is 0 Å². The Hall–Kier alpha value is -0.900. The smallest absolute Gasteiger partial charge is 0.340 e. The van der Waals surface area contributed by atoms with Gasteiger partial charge in [0.15, 0.2) is 6.29 Å². The van der Waals surface area contributed by atoms with E-state index in [1.54, 1.807) is 0 Å². The number of aliphatic carboxylic acids is 1. The average molecular weight is 104 g/mol. The first-order chi connectivity index (χ1) is 3.18. The first-order valence-electron chi connectivity index (χ1n) is 1.54. The average Bonchev–Trinajstić information content (AvgIpc) is 1.65. The summed E-state index contributed by atoms with van der Waals surface area (Å²) >= 11 is 0. The van der Waals surface area contributed by atoms with E-state index in [-0.39, 0.29) is 6.29 Å². The van der Waals surface area contributed by atoms with Crippen LogP contribution in [0.1, 0.15) is 0 Å². The minimum atomic E-state index is -1.86. The number of rotatable bonds is 2. The van der Waals surface area contributed by atoms with Crippen LogP contribution in [0.25, 0.3) is 0 Å². The van der Waals surface area contributed by atoms with Crippen molar-refractivity contribution in [3.8, 4) is 0 Å². The van der Waals surface area contributed by atoms with Crippen molar-refractivity contribution in [2.75, 3.05) is 0 Å². The van der Waals surface area contributed by atoms with E-state index in [0.717, 1.165) is 0 Å². The summed E-state index contributed by atoms with van der Waals surface area (Å²) < 4.78 is 0. The Labute approximate surface area is 39.4 Å². The van der Waals surface area contributed by atoms with Gasteiger partial charge in [-0.2, -0.15) is 0 Å². The molecule has 0 aliphatic carbocycles. The minimum Gasteiger partial charge on any atom is -0.479 e. The summed E-state index contributed by atoms with van der Waals surface area (Å²) in [6.07, 6.45) is -1.91. The minimum absolute atomic E-state index is 0.0532. The molecule has 0 fully saturated rings. The number of aliphatic hydroxyl groups is 1. The number of hydrogen-bond acceptors (Lipinski definition) is 3. The molecule has 4 heteroatoms. The summed E-state index contributed by atoms with van der Waals surface area (Å²) in [6.45, 7) is 0. The van der Waals surface area contributed by atoms with Crippen molar-refractivity contribution in [3.63, 3.8) is 0 Å². The van der Waals surface area contributed by atoms with Gasteiger partial charge in [-0.25, -0.2) is 4.79 Å². The normalized spacial score (nSPS) is 12.7. The van der Waals surface area contributed by atoms with Crippen molar-refractivity contribution in [2.45, 2.75) is 6.10 Å². The number of carbonyl (C=O) groups excluding carboxylic acids is 1. The predicted octanol–water partition coefficient (Wildman–Crippen LogP) is -1.37. The highest BCUT2D eigenvalue weighted by Gasteiger charge is 2.08. The first kappa shape index (κ1) is 6.10. The quantitative estimate of drug-likeness (QED) is 0.335. The molecule has 0 saturated carbocycles. The summed E-state index contributed by atoms with van der Waals surface area (Å²) in [4.78, 5) is 18.8. The van der Waals surface area contributed by atoms with E-state index in [4.69, 9.17) is 10.2 Å². The van der Waals surface area contributed by atoms with Crippen molar-refractivity contribution >= 4 is 12.3 Å². The summed E-state index contributed by atoms with van der Waals surface area (Å²) in [5.41, 5.74) is 0. The second-order valence-corrected chi connectivity index (χ2v) is 0.919.